The molecule has 0 radical (unpaired) electrons. The summed E-state index contributed by atoms with van der Waals surface area (Å²) >= 11 is 0. The molecule has 0 bridgehead atoms. The Balaban J connectivity index is 1.73. The molecule has 1 fully saturated rings. The van der Waals surface area contributed by atoms with Crippen LogP contribution in [0.2, 0.25) is 0 Å². The van der Waals surface area contributed by atoms with Gasteiger partial charge in [-0.3, -0.25) is 9.69 Å². The zero-order valence-electron chi connectivity index (χ0n) is 13.3. The van der Waals surface area contributed by atoms with Crippen LogP contribution >= 0.6 is 0 Å². The third-order valence-electron chi connectivity index (χ3n) is 3.95. The third-order valence-corrected chi connectivity index (χ3v) is 3.95. The van der Waals surface area contributed by atoms with Crippen LogP contribution in [0.4, 0.5) is 4.79 Å². The summed E-state index contributed by atoms with van der Waals surface area (Å²) in [5, 5.41) is 17.9. The first kappa shape index (κ1) is 16.2. The fourth-order valence-electron chi connectivity index (χ4n) is 2.75. The molecule has 0 unspecified atom stereocenters. The van der Waals surface area contributed by atoms with Crippen molar-refractivity contribution in [3.8, 4) is 12.1 Å². The summed E-state index contributed by atoms with van der Waals surface area (Å²) < 4.78 is 0. The van der Waals surface area contributed by atoms with E-state index in [-0.39, 0.29) is 31.6 Å². The molecule has 6 nitrogen and oxygen atoms in total. The standard InChI is InChI=1S/C19H14N4O2/c20-9-14-3-1-5-16(7-14)11-22-13-18(24)23(19(22)25)12-17-6-2-4-15(8-17)10-21/h1-8H,11-13H2. The summed E-state index contributed by atoms with van der Waals surface area (Å²) in [5.41, 5.74) is 2.53. The summed E-state index contributed by atoms with van der Waals surface area (Å²) in [6.45, 7) is 0.421. The molecular weight excluding hydrogens is 316 g/mol. The Morgan fingerprint density at radius 1 is 0.880 bits per heavy atom. The first-order valence-electron chi connectivity index (χ1n) is 7.68. The fraction of sp³-hybridized carbons (Fsp3) is 0.158. The number of rotatable bonds is 4. The Kier molecular flexibility index (Phi) is 4.45. The number of hydrogen-bond acceptors (Lipinski definition) is 4. The first-order valence-corrected chi connectivity index (χ1v) is 7.68. The Morgan fingerprint density at radius 3 is 2.00 bits per heavy atom. The SMILES string of the molecule is N#Cc1cccc(CN2CC(=O)N(Cc3cccc(C#N)c3)C2=O)c1. The van der Waals surface area contributed by atoms with E-state index in [1.165, 1.54) is 9.80 Å². The molecule has 2 aromatic carbocycles. The number of nitriles is 2. The molecule has 0 saturated carbocycles. The molecule has 3 rings (SSSR count). The predicted molar refractivity (Wildman–Crippen MR) is 88.7 cm³/mol. The van der Waals surface area contributed by atoms with E-state index in [0.717, 1.165) is 11.1 Å². The summed E-state index contributed by atoms with van der Waals surface area (Å²) in [6.07, 6.45) is 0. The lowest BCUT2D eigenvalue weighted by atomic mass is 10.1. The minimum Gasteiger partial charge on any atom is -0.311 e. The van der Waals surface area contributed by atoms with Crippen LogP contribution in [0.15, 0.2) is 48.5 Å². The summed E-state index contributed by atoms with van der Waals surface area (Å²) in [4.78, 5) is 27.4. The number of imide groups is 1. The lowest BCUT2D eigenvalue weighted by molar-refractivity contribution is -0.125. The zero-order valence-corrected chi connectivity index (χ0v) is 13.3. The van der Waals surface area contributed by atoms with E-state index in [2.05, 4.69) is 6.07 Å². The zero-order chi connectivity index (χ0) is 17.8. The van der Waals surface area contributed by atoms with E-state index in [1.54, 1.807) is 42.5 Å². The van der Waals surface area contributed by atoms with Gasteiger partial charge in [0.2, 0.25) is 0 Å². The van der Waals surface area contributed by atoms with Crippen LogP contribution in [0.3, 0.4) is 0 Å². The van der Waals surface area contributed by atoms with E-state index in [9.17, 15) is 9.59 Å². The van der Waals surface area contributed by atoms with Gasteiger partial charge in [-0.25, -0.2) is 4.79 Å². The van der Waals surface area contributed by atoms with Crippen molar-refractivity contribution >= 4 is 11.9 Å². The topological polar surface area (TPSA) is 88.2 Å². The molecule has 6 heteroatoms. The van der Waals surface area contributed by atoms with Gasteiger partial charge in [0.15, 0.2) is 0 Å². The van der Waals surface area contributed by atoms with Gasteiger partial charge in [0.05, 0.1) is 29.8 Å². The van der Waals surface area contributed by atoms with E-state index in [1.807, 2.05) is 12.1 Å². The number of urea groups is 1. The number of carbonyl (C=O) groups excluding carboxylic acids is 2. The van der Waals surface area contributed by atoms with Crippen LogP contribution in [0, 0.1) is 22.7 Å². The molecule has 2 aromatic rings. The number of amides is 3. The molecule has 3 amide bonds. The van der Waals surface area contributed by atoms with Crippen LogP contribution in [-0.4, -0.2) is 28.3 Å². The maximum Gasteiger partial charge on any atom is 0.327 e. The van der Waals surface area contributed by atoms with Gasteiger partial charge >= 0.3 is 6.03 Å². The smallest absolute Gasteiger partial charge is 0.311 e. The van der Waals surface area contributed by atoms with Crippen molar-refractivity contribution < 1.29 is 9.59 Å². The molecule has 122 valence electrons. The highest BCUT2D eigenvalue weighted by atomic mass is 16.2. The normalized spacial score (nSPS) is 13.7. The predicted octanol–water partition coefficient (Wildman–Crippen LogP) is 2.39. The van der Waals surface area contributed by atoms with Crippen molar-refractivity contribution in [1.82, 2.24) is 9.80 Å². The van der Waals surface area contributed by atoms with Gasteiger partial charge in [-0.05, 0) is 35.4 Å². The average Bonchev–Trinajstić information content (AvgIpc) is 2.89. The number of nitrogens with zero attached hydrogens (tertiary/aromatic N) is 4. The summed E-state index contributed by atoms with van der Waals surface area (Å²) in [5.74, 6) is -0.274. The van der Waals surface area contributed by atoms with Crippen molar-refractivity contribution in [2.45, 2.75) is 13.1 Å². The number of carbonyl (C=O) groups is 2. The summed E-state index contributed by atoms with van der Waals surface area (Å²) in [7, 11) is 0. The van der Waals surface area contributed by atoms with Gasteiger partial charge in [-0.2, -0.15) is 10.5 Å². The molecule has 0 spiro atoms. The van der Waals surface area contributed by atoms with E-state index < -0.39 is 0 Å². The highest BCUT2D eigenvalue weighted by molar-refractivity contribution is 6.01. The van der Waals surface area contributed by atoms with Crippen molar-refractivity contribution in [1.29, 1.82) is 10.5 Å². The average molecular weight is 330 g/mol. The van der Waals surface area contributed by atoms with Crippen molar-refractivity contribution in [2.24, 2.45) is 0 Å². The summed E-state index contributed by atoms with van der Waals surface area (Å²) in [6, 6.07) is 17.5. The molecule has 1 heterocycles. The van der Waals surface area contributed by atoms with Crippen LogP contribution in [0.1, 0.15) is 22.3 Å². The highest BCUT2D eigenvalue weighted by Gasteiger charge is 2.35. The lowest BCUT2D eigenvalue weighted by Gasteiger charge is -2.17. The Bertz CT molecular complexity index is 924. The molecule has 1 aliphatic rings. The molecule has 0 aliphatic carbocycles. The molecule has 0 N–H and O–H groups in total. The third kappa shape index (κ3) is 3.49. The van der Waals surface area contributed by atoms with Gasteiger partial charge in [-0.1, -0.05) is 24.3 Å². The molecule has 0 atom stereocenters. The van der Waals surface area contributed by atoms with Gasteiger partial charge in [0.1, 0.15) is 6.54 Å². The molecular formula is C19H14N4O2. The van der Waals surface area contributed by atoms with Crippen molar-refractivity contribution in [3.63, 3.8) is 0 Å². The van der Waals surface area contributed by atoms with E-state index in [4.69, 9.17) is 10.5 Å². The largest absolute Gasteiger partial charge is 0.327 e. The molecule has 0 aromatic heterocycles. The maximum atomic E-state index is 12.5. The molecule has 1 aliphatic heterocycles. The van der Waals surface area contributed by atoms with E-state index >= 15 is 0 Å². The Hall–Kier alpha value is -3.64. The van der Waals surface area contributed by atoms with Crippen molar-refractivity contribution in [3.05, 3.63) is 70.8 Å². The minimum absolute atomic E-state index is 0.00750. The fourth-order valence-corrected chi connectivity index (χ4v) is 2.75. The van der Waals surface area contributed by atoms with Gasteiger partial charge in [-0.15, -0.1) is 0 Å². The maximum absolute atomic E-state index is 12.5. The van der Waals surface area contributed by atoms with Gasteiger partial charge in [0, 0.05) is 6.54 Å². The van der Waals surface area contributed by atoms with Crippen LogP contribution in [0.25, 0.3) is 0 Å². The second-order valence-electron chi connectivity index (χ2n) is 5.74. The number of benzene rings is 2. The van der Waals surface area contributed by atoms with Crippen LogP contribution < -0.4 is 0 Å². The second kappa shape index (κ2) is 6.86. The highest BCUT2D eigenvalue weighted by Crippen LogP contribution is 2.18. The minimum atomic E-state index is -0.366. The quantitative estimate of drug-likeness (QED) is 0.805. The monoisotopic (exact) mass is 330 g/mol. The van der Waals surface area contributed by atoms with Gasteiger partial charge < -0.3 is 4.90 Å². The Morgan fingerprint density at radius 2 is 1.44 bits per heavy atom. The number of hydrogen-bond donors (Lipinski definition) is 0. The molecule has 25 heavy (non-hydrogen) atoms. The molecule has 1 saturated heterocycles. The van der Waals surface area contributed by atoms with Crippen LogP contribution in [0.5, 0.6) is 0 Å². The van der Waals surface area contributed by atoms with Crippen molar-refractivity contribution in [2.75, 3.05) is 6.54 Å². The van der Waals surface area contributed by atoms with Crippen LogP contribution in [-0.2, 0) is 17.9 Å². The first-order chi connectivity index (χ1) is 12.1. The Labute approximate surface area is 145 Å². The van der Waals surface area contributed by atoms with Gasteiger partial charge in [0.25, 0.3) is 5.91 Å². The van der Waals surface area contributed by atoms with E-state index in [0.29, 0.717) is 11.1 Å². The second-order valence-corrected chi connectivity index (χ2v) is 5.74. The lowest BCUT2D eigenvalue weighted by Crippen LogP contribution is -2.32.